The summed E-state index contributed by atoms with van der Waals surface area (Å²) < 4.78 is 6.08. The zero-order valence-corrected chi connectivity index (χ0v) is 14.7. The summed E-state index contributed by atoms with van der Waals surface area (Å²) in [6.45, 7) is 4.01. The minimum Gasteiger partial charge on any atom is -0.367 e. The molecule has 2 fully saturated rings. The van der Waals surface area contributed by atoms with E-state index in [1.807, 2.05) is 23.1 Å². The highest BCUT2D eigenvalue weighted by Crippen LogP contribution is 2.39. The van der Waals surface area contributed by atoms with Crippen LogP contribution in [0.3, 0.4) is 0 Å². The van der Waals surface area contributed by atoms with Crippen LogP contribution in [0.15, 0.2) is 30.3 Å². The second kappa shape index (κ2) is 7.66. The molecule has 0 bridgehead atoms. The molecule has 1 aliphatic carbocycles. The number of rotatable bonds is 4. The maximum Gasteiger partial charge on any atom is 0.223 e. The highest BCUT2D eigenvalue weighted by molar-refractivity contribution is 5.77. The van der Waals surface area contributed by atoms with Gasteiger partial charge in [0.2, 0.25) is 5.91 Å². The van der Waals surface area contributed by atoms with Gasteiger partial charge in [-0.15, -0.1) is 0 Å². The molecule has 1 amide bonds. The molecule has 1 aromatic carbocycles. The standard InChI is InChI=1S/C20H30N2O2/c1-16-13-22(14-18(24-16)17-8-4-2-5-9-17)19(23)12-20(15-21)10-6-3-7-11-20/h2,4-5,8-9,16,18H,3,6-7,10-15,21H2,1H3. The minimum absolute atomic E-state index is 0.0269. The fourth-order valence-electron chi connectivity index (χ4n) is 4.19. The van der Waals surface area contributed by atoms with E-state index < -0.39 is 0 Å². The van der Waals surface area contributed by atoms with Crippen LogP contribution in [0, 0.1) is 5.41 Å². The van der Waals surface area contributed by atoms with Gasteiger partial charge in [0.1, 0.15) is 6.10 Å². The van der Waals surface area contributed by atoms with Crippen molar-refractivity contribution >= 4 is 5.91 Å². The topological polar surface area (TPSA) is 55.6 Å². The molecule has 0 radical (unpaired) electrons. The number of hydrogen-bond donors (Lipinski definition) is 1. The van der Waals surface area contributed by atoms with Crippen molar-refractivity contribution in [1.82, 2.24) is 4.90 Å². The number of amides is 1. The van der Waals surface area contributed by atoms with Crippen LogP contribution in [0.5, 0.6) is 0 Å². The first-order valence-electron chi connectivity index (χ1n) is 9.30. The van der Waals surface area contributed by atoms with Crippen molar-refractivity contribution in [3.05, 3.63) is 35.9 Å². The number of nitrogens with zero attached hydrogens (tertiary/aromatic N) is 1. The first-order chi connectivity index (χ1) is 11.6. The molecule has 0 spiro atoms. The molecule has 4 nitrogen and oxygen atoms in total. The molecule has 2 atom stereocenters. The SMILES string of the molecule is CC1CN(C(=O)CC2(CN)CCCCC2)CC(c2ccccc2)O1. The zero-order valence-electron chi connectivity index (χ0n) is 14.7. The molecule has 2 unspecified atom stereocenters. The Bertz CT molecular complexity index is 540. The summed E-state index contributed by atoms with van der Waals surface area (Å²) >= 11 is 0. The number of carbonyl (C=O) groups excluding carboxylic acids is 1. The van der Waals surface area contributed by atoms with Gasteiger partial charge in [0, 0.05) is 13.0 Å². The summed E-state index contributed by atoms with van der Waals surface area (Å²) in [5.41, 5.74) is 7.24. The van der Waals surface area contributed by atoms with Gasteiger partial charge in [-0.2, -0.15) is 0 Å². The van der Waals surface area contributed by atoms with Crippen molar-refractivity contribution in [2.75, 3.05) is 19.6 Å². The molecular weight excluding hydrogens is 300 g/mol. The highest BCUT2D eigenvalue weighted by Gasteiger charge is 2.36. The number of hydrogen-bond acceptors (Lipinski definition) is 3. The van der Waals surface area contributed by atoms with Gasteiger partial charge in [-0.1, -0.05) is 49.6 Å². The molecule has 2 aliphatic rings. The van der Waals surface area contributed by atoms with Gasteiger partial charge in [0.15, 0.2) is 0 Å². The third-order valence-electron chi connectivity index (χ3n) is 5.66. The average molecular weight is 330 g/mol. The molecule has 4 heteroatoms. The first-order valence-corrected chi connectivity index (χ1v) is 9.30. The number of benzene rings is 1. The Balaban J connectivity index is 1.67. The Morgan fingerprint density at radius 2 is 1.92 bits per heavy atom. The summed E-state index contributed by atoms with van der Waals surface area (Å²) in [5, 5.41) is 0. The second-order valence-electron chi connectivity index (χ2n) is 7.59. The van der Waals surface area contributed by atoms with Crippen molar-refractivity contribution < 1.29 is 9.53 Å². The van der Waals surface area contributed by atoms with E-state index in [4.69, 9.17) is 10.5 Å². The number of morpholine rings is 1. The Morgan fingerprint density at radius 1 is 1.21 bits per heavy atom. The van der Waals surface area contributed by atoms with Crippen LogP contribution in [-0.2, 0) is 9.53 Å². The molecule has 3 rings (SSSR count). The quantitative estimate of drug-likeness (QED) is 0.922. The van der Waals surface area contributed by atoms with Gasteiger partial charge in [-0.05, 0) is 37.3 Å². The molecule has 1 saturated heterocycles. The predicted molar refractivity (Wildman–Crippen MR) is 95.5 cm³/mol. The van der Waals surface area contributed by atoms with E-state index in [2.05, 4.69) is 19.1 Å². The van der Waals surface area contributed by atoms with E-state index in [0.29, 0.717) is 26.1 Å². The van der Waals surface area contributed by atoms with E-state index in [0.717, 1.165) is 18.4 Å². The highest BCUT2D eigenvalue weighted by atomic mass is 16.5. The third-order valence-corrected chi connectivity index (χ3v) is 5.66. The van der Waals surface area contributed by atoms with E-state index in [1.165, 1.54) is 19.3 Å². The van der Waals surface area contributed by atoms with Crippen molar-refractivity contribution in [2.45, 2.75) is 57.7 Å². The fourth-order valence-corrected chi connectivity index (χ4v) is 4.19. The molecule has 1 aromatic rings. The van der Waals surface area contributed by atoms with E-state index in [9.17, 15) is 4.79 Å². The van der Waals surface area contributed by atoms with E-state index >= 15 is 0 Å². The number of carbonyl (C=O) groups is 1. The normalized spacial score (nSPS) is 27.0. The summed E-state index contributed by atoms with van der Waals surface area (Å²) in [4.78, 5) is 15.0. The maximum atomic E-state index is 13.0. The molecule has 0 aromatic heterocycles. The predicted octanol–water partition coefficient (Wildman–Crippen LogP) is 3.27. The van der Waals surface area contributed by atoms with Crippen LogP contribution < -0.4 is 5.73 Å². The molecule has 1 saturated carbocycles. The molecule has 132 valence electrons. The summed E-state index contributed by atoms with van der Waals surface area (Å²) in [7, 11) is 0. The lowest BCUT2D eigenvalue weighted by molar-refractivity contribution is -0.147. The Hall–Kier alpha value is -1.39. The van der Waals surface area contributed by atoms with Crippen LogP contribution in [0.4, 0.5) is 0 Å². The van der Waals surface area contributed by atoms with Crippen LogP contribution in [-0.4, -0.2) is 36.5 Å². The van der Waals surface area contributed by atoms with Gasteiger partial charge >= 0.3 is 0 Å². The zero-order chi connectivity index (χ0) is 17.0. The molecule has 24 heavy (non-hydrogen) atoms. The summed E-state index contributed by atoms with van der Waals surface area (Å²) in [5.74, 6) is 0.249. The fraction of sp³-hybridized carbons (Fsp3) is 0.650. The summed E-state index contributed by atoms with van der Waals surface area (Å²) in [6.07, 6.45) is 6.51. The van der Waals surface area contributed by atoms with Crippen molar-refractivity contribution in [3.63, 3.8) is 0 Å². The van der Waals surface area contributed by atoms with E-state index in [-0.39, 0.29) is 23.5 Å². The molecule has 2 N–H and O–H groups in total. The maximum absolute atomic E-state index is 13.0. The van der Waals surface area contributed by atoms with Crippen molar-refractivity contribution in [3.8, 4) is 0 Å². The Labute approximate surface area is 145 Å². The van der Waals surface area contributed by atoms with Crippen LogP contribution >= 0.6 is 0 Å². The van der Waals surface area contributed by atoms with Gasteiger partial charge < -0.3 is 15.4 Å². The molecule has 1 aliphatic heterocycles. The second-order valence-corrected chi connectivity index (χ2v) is 7.59. The average Bonchev–Trinajstić information content (AvgIpc) is 2.62. The van der Waals surface area contributed by atoms with Gasteiger partial charge in [-0.3, -0.25) is 4.79 Å². The van der Waals surface area contributed by atoms with Crippen LogP contribution in [0.25, 0.3) is 0 Å². The lowest BCUT2D eigenvalue weighted by Crippen LogP contribution is -2.48. The van der Waals surface area contributed by atoms with Crippen LogP contribution in [0.1, 0.15) is 57.1 Å². The molecule has 1 heterocycles. The van der Waals surface area contributed by atoms with Crippen molar-refractivity contribution in [2.24, 2.45) is 11.1 Å². The number of nitrogens with two attached hydrogens (primary N) is 1. The van der Waals surface area contributed by atoms with Crippen molar-refractivity contribution in [1.29, 1.82) is 0 Å². The smallest absolute Gasteiger partial charge is 0.223 e. The third kappa shape index (κ3) is 3.98. The largest absolute Gasteiger partial charge is 0.367 e. The summed E-state index contributed by atoms with van der Waals surface area (Å²) in [6, 6.07) is 10.2. The number of ether oxygens (including phenoxy) is 1. The lowest BCUT2D eigenvalue weighted by atomic mass is 9.71. The lowest BCUT2D eigenvalue weighted by Gasteiger charge is -2.41. The first kappa shape index (κ1) is 17.4. The Morgan fingerprint density at radius 3 is 2.58 bits per heavy atom. The van der Waals surface area contributed by atoms with Gasteiger partial charge in [-0.25, -0.2) is 0 Å². The van der Waals surface area contributed by atoms with Crippen LogP contribution in [0.2, 0.25) is 0 Å². The molecular formula is C20H30N2O2. The van der Waals surface area contributed by atoms with E-state index in [1.54, 1.807) is 0 Å². The monoisotopic (exact) mass is 330 g/mol. The van der Waals surface area contributed by atoms with Gasteiger partial charge in [0.05, 0.1) is 12.6 Å². The Kier molecular flexibility index (Phi) is 5.57. The van der Waals surface area contributed by atoms with Gasteiger partial charge in [0.25, 0.3) is 0 Å². The minimum atomic E-state index is -0.0286.